The van der Waals surface area contributed by atoms with E-state index < -0.39 is 0 Å². The van der Waals surface area contributed by atoms with Crippen molar-refractivity contribution in [1.29, 1.82) is 0 Å². The maximum absolute atomic E-state index is 4.04. The van der Waals surface area contributed by atoms with E-state index in [1.807, 2.05) is 39.4 Å². The van der Waals surface area contributed by atoms with Gasteiger partial charge >= 0.3 is 0 Å². The van der Waals surface area contributed by atoms with E-state index in [-0.39, 0.29) is 0 Å². The number of aryl methyl sites for hydroxylation is 1. The van der Waals surface area contributed by atoms with Crippen molar-refractivity contribution >= 4 is 11.3 Å². The van der Waals surface area contributed by atoms with Crippen LogP contribution in [-0.4, -0.2) is 4.98 Å². The van der Waals surface area contributed by atoms with Crippen LogP contribution in [0.3, 0.4) is 0 Å². The summed E-state index contributed by atoms with van der Waals surface area (Å²) in [6.45, 7) is 10.1. The Kier molecular flexibility index (Phi) is 8.45. The lowest BCUT2D eigenvalue weighted by Crippen LogP contribution is -1.73. The zero-order chi connectivity index (χ0) is 12.4. The Morgan fingerprint density at radius 3 is 1.94 bits per heavy atom. The first kappa shape index (κ1) is 14.8. The highest BCUT2D eigenvalue weighted by Crippen LogP contribution is 2.22. The van der Waals surface area contributed by atoms with E-state index in [4.69, 9.17) is 0 Å². The molecule has 1 aromatic heterocycles. The van der Waals surface area contributed by atoms with Crippen LogP contribution in [0, 0.1) is 6.92 Å². The lowest BCUT2D eigenvalue weighted by atomic mass is 10.1. The number of hydrogen-bond donors (Lipinski definition) is 0. The van der Waals surface area contributed by atoms with E-state index in [0.29, 0.717) is 0 Å². The monoisotopic (exact) mass is 235 g/mol. The van der Waals surface area contributed by atoms with Crippen LogP contribution in [-0.2, 0) is 0 Å². The van der Waals surface area contributed by atoms with E-state index in [9.17, 15) is 0 Å². The summed E-state index contributed by atoms with van der Waals surface area (Å²) in [4.78, 5) is 5.27. The zero-order valence-electron chi connectivity index (χ0n) is 10.8. The van der Waals surface area contributed by atoms with E-state index in [1.54, 1.807) is 11.3 Å². The Hall–Kier alpha value is -1.15. The molecule has 0 saturated heterocycles. The van der Waals surface area contributed by atoms with Gasteiger partial charge in [0.1, 0.15) is 0 Å². The van der Waals surface area contributed by atoms with Gasteiger partial charge in [-0.3, -0.25) is 4.98 Å². The summed E-state index contributed by atoms with van der Waals surface area (Å²) in [5.74, 6) is 0. The minimum absolute atomic E-state index is 1.23. The zero-order valence-corrected chi connectivity index (χ0v) is 11.6. The maximum atomic E-state index is 4.04. The summed E-state index contributed by atoms with van der Waals surface area (Å²) in [5.41, 5.74) is 4.40. The van der Waals surface area contributed by atoms with Crippen LogP contribution in [0.25, 0.3) is 10.4 Å². The van der Waals surface area contributed by atoms with Gasteiger partial charge in [0, 0.05) is 6.20 Å². The van der Waals surface area contributed by atoms with E-state index in [2.05, 4.69) is 36.2 Å². The highest BCUT2D eigenvalue weighted by atomic mass is 32.1. The van der Waals surface area contributed by atoms with Gasteiger partial charge in [0.15, 0.2) is 0 Å². The highest BCUT2D eigenvalue weighted by Gasteiger charge is 1.96. The number of benzene rings is 1. The van der Waals surface area contributed by atoms with Crippen LogP contribution in [0.5, 0.6) is 0 Å². The molecule has 16 heavy (non-hydrogen) atoms. The topological polar surface area (TPSA) is 12.9 Å². The van der Waals surface area contributed by atoms with Crippen molar-refractivity contribution in [3.05, 3.63) is 41.5 Å². The van der Waals surface area contributed by atoms with Gasteiger partial charge in [-0.1, -0.05) is 57.5 Å². The summed E-state index contributed by atoms with van der Waals surface area (Å²) in [6.07, 6.45) is 1.90. The minimum Gasteiger partial charge on any atom is -0.252 e. The Morgan fingerprint density at radius 1 is 0.938 bits per heavy atom. The van der Waals surface area contributed by atoms with Crippen LogP contribution in [0.2, 0.25) is 0 Å². The second kappa shape index (κ2) is 9.10. The lowest BCUT2D eigenvalue weighted by molar-refractivity contribution is 1.42. The van der Waals surface area contributed by atoms with Crippen molar-refractivity contribution in [1.82, 2.24) is 4.98 Å². The first-order valence-electron chi connectivity index (χ1n) is 5.82. The molecule has 0 unspecified atom stereocenters. The van der Waals surface area contributed by atoms with Crippen LogP contribution < -0.4 is 0 Å². The first-order valence-corrected chi connectivity index (χ1v) is 6.70. The van der Waals surface area contributed by atoms with Crippen LogP contribution >= 0.6 is 11.3 Å². The van der Waals surface area contributed by atoms with E-state index in [1.165, 1.54) is 16.0 Å². The number of aromatic nitrogens is 1. The minimum atomic E-state index is 1.23. The molecule has 1 nitrogen and oxygen atoms in total. The molecule has 1 aromatic carbocycles. The summed E-state index contributed by atoms with van der Waals surface area (Å²) < 4.78 is 0. The molecule has 2 heteroatoms. The van der Waals surface area contributed by atoms with Crippen molar-refractivity contribution in [3.8, 4) is 10.4 Å². The molecular weight excluding hydrogens is 214 g/mol. The van der Waals surface area contributed by atoms with Crippen molar-refractivity contribution in [2.24, 2.45) is 0 Å². The maximum Gasteiger partial charge on any atom is 0.0797 e. The number of rotatable bonds is 1. The van der Waals surface area contributed by atoms with Gasteiger partial charge in [0.2, 0.25) is 0 Å². The van der Waals surface area contributed by atoms with Gasteiger partial charge in [-0.05, 0) is 12.5 Å². The van der Waals surface area contributed by atoms with Gasteiger partial charge in [-0.25, -0.2) is 0 Å². The number of nitrogens with zero attached hydrogens (tertiary/aromatic N) is 1. The highest BCUT2D eigenvalue weighted by molar-refractivity contribution is 7.13. The third-order valence-corrected chi connectivity index (χ3v) is 2.59. The second-order valence-corrected chi connectivity index (χ2v) is 3.62. The number of hydrogen-bond acceptors (Lipinski definition) is 2. The Labute approximate surface area is 103 Å². The molecule has 0 saturated carbocycles. The lowest BCUT2D eigenvalue weighted by Gasteiger charge is -1.95. The summed E-state index contributed by atoms with van der Waals surface area (Å²) in [6, 6.07) is 8.50. The molecule has 0 N–H and O–H groups in total. The molecule has 0 fully saturated rings. The van der Waals surface area contributed by atoms with Gasteiger partial charge in [-0.2, -0.15) is 0 Å². The molecule has 0 aliphatic heterocycles. The van der Waals surface area contributed by atoms with Gasteiger partial charge < -0.3 is 0 Å². The second-order valence-electron chi connectivity index (χ2n) is 2.73. The molecule has 0 bridgehead atoms. The fourth-order valence-corrected chi connectivity index (χ4v) is 1.71. The van der Waals surface area contributed by atoms with Gasteiger partial charge in [0.25, 0.3) is 0 Å². The summed E-state index contributed by atoms with van der Waals surface area (Å²) in [7, 11) is 0. The Bertz CT molecular complexity index is 349. The molecule has 0 radical (unpaired) electrons. The molecular formula is C14H21NS. The average molecular weight is 235 g/mol. The average Bonchev–Trinajstić information content (AvgIpc) is 2.89. The smallest absolute Gasteiger partial charge is 0.0797 e. The van der Waals surface area contributed by atoms with Crippen LogP contribution in [0.1, 0.15) is 33.3 Å². The molecule has 0 aliphatic rings. The predicted molar refractivity (Wildman–Crippen MR) is 75.0 cm³/mol. The largest absolute Gasteiger partial charge is 0.252 e. The molecule has 2 aromatic rings. The molecule has 1 heterocycles. The quantitative estimate of drug-likeness (QED) is 0.664. The third-order valence-electron chi connectivity index (χ3n) is 1.77. The fourth-order valence-electron chi connectivity index (χ4n) is 1.08. The predicted octanol–water partition coefficient (Wildman–Crippen LogP) is 5.17. The van der Waals surface area contributed by atoms with Gasteiger partial charge in [-0.15, -0.1) is 11.3 Å². The molecule has 88 valence electrons. The van der Waals surface area contributed by atoms with Crippen molar-refractivity contribution in [2.75, 3.05) is 0 Å². The molecule has 0 amide bonds. The standard InChI is InChI=1S/C10H9NS.2C2H6/c1-8-2-4-9(5-3-8)10-6-11-7-12-10;2*1-2/h2-7H,1H3;2*1-2H3. The van der Waals surface area contributed by atoms with Crippen molar-refractivity contribution in [3.63, 3.8) is 0 Å². The third kappa shape index (κ3) is 4.58. The Morgan fingerprint density at radius 2 is 1.50 bits per heavy atom. The Balaban J connectivity index is 0.000000509. The summed E-state index contributed by atoms with van der Waals surface area (Å²) in [5, 5.41) is 0. The fraction of sp³-hybridized carbons (Fsp3) is 0.357. The summed E-state index contributed by atoms with van der Waals surface area (Å²) >= 11 is 1.67. The van der Waals surface area contributed by atoms with Gasteiger partial charge in [0.05, 0.1) is 10.4 Å². The molecule has 0 aliphatic carbocycles. The SMILES string of the molecule is CC.CC.Cc1ccc(-c2cncs2)cc1. The normalized spacial score (nSPS) is 8.31. The number of thiazole rings is 1. The first-order chi connectivity index (χ1) is 7.86. The van der Waals surface area contributed by atoms with Crippen LogP contribution in [0.15, 0.2) is 36.0 Å². The molecule has 2 rings (SSSR count). The van der Waals surface area contributed by atoms with Crippen molar-refractivity contribution < 1.29 is 0 Å². The molecule has 0 spiro atoms. The van der Waals surface area contributed by atoms with E-state index in [0.717, 1.165) is 0 Å². The van der Waals surface area contributed by atoms with E-state index >= 15 is 0 Å². The molecule has 0 atom stereocenters. The van der Waals surface area contributed by atoms with Crippen LogP contribution in [0.4, 0.5) is 0 Å². The van der Waals surface area contributed by atoms with Crippen molar-refractivity contribution in [2.45, 2.75) is 34.6 Å².